The highest BCUT2D eigenvalue weighted by atomic mass is 15.3. The minimum absolute atomic E-state index is 0.690. The Labute approximate surface area is 125 Å². The van der Waals surface area contributed by atoms with Crippen LogP contribution in [0.3, 0.4) is 0 Å². The average Bonchev–Trinajstić information content (AvgIpc) is 2.80. The monoisotopic (exact) mass is 277 g/mol. The van der Waals surface area contributed by atoms with E-state index in [1.165, 1.54) is 16.7 Å². The predicted molar refractivity (Wildman–Crippen MR) is 87.1 cm³/mol. The zero-order valence-electron chi connectivity index (χ0n) is 12.4. The van der Waals surface area contributed by atoms with E-state index in [1.807, 2.05) is 22.9 Å². The van der Waals surface area contributed by atoms with Crippen molar-refractivity contribution in [2.24, 2.45) is 0 Å². The molecule has 0 atom stereocenters. The second-order valence-electron chi connectivity index (χ2n) is 5.42. The Bertz CT molecular complexity index is 772. The SMILES string of the molecule is Cc1cccc(Cn2nc(-c3ccccc3C)cc2N)c1. The molecule has 0 aliphatic heterocycles. The van der Waals surface area contributed by atoms with Gasteiger partial charge in [0.15, 0.2) is 0 Å². The standard InChI is InChI=1S/C18H19N3/c1-13-6-5-8-15(10-13)12-21-18(19)11-17(20-21)16-9-4-3-7-14(16)2/h3-11H,12,19H2,1-2H3. The highest BCUT2D eigenvalue weighted by Gasteiger charge is 2.09. The molecule has 2 aromatic carbocycles. The predicted octanol–water partition coefficient (Wildman–Crippen LogP) is 3.80. The van der Waals surface area contributed by atoms with Gasteiger partial charge < -0.3 is 5.73 Å². The molecule has 0 saturated carbocycles. The maximum Gasteiger partial charge on any atom is 0.122 e. The van der Waals surface area contributed by atoms with Crippen LogP contribution >= 0.6 is 0 Å². The molecule has 0 radical (unpaired) electrons. The van der Waals surface area contributed by atoms with Gasteiger partial charge in [0.2, 0.25) is 0 Å². The lowest BCUT2D eigenvalue weighted by Gasteiger charge is -2.05. The molecule has 3 heteroatoms. The fraction of sp³-hybridized carbons (Fsp3) is 0.167. The number of nitrogens with two attached hydrogens (primary N) is 1. The molecule has 1 heterocycles. The largest absolute Gasteiger partial charge is 0.384 e. The van der Waals surface area contributed by atoms with Crippen LogP contribution in [0.5, 0.6) is 0 Å². The first-order valence-electron chi connectivity index (χ1n) is 7.08. The Morgan fingerprint density at radius 3 is 2.57 bits per heavy atom. The van der Waals surface area contributed by atoms with Crippen LogP contribution in [0.2, 0.25) is 0 Å². The summed E-state index contributed by atoms with van der Waals surface area (Å²) < 4.78 is 1.86. The van der Waals surface area contributed by atoms with E-state index in [9.17, 15) is 0 Å². The van der Waals surface area contributed by atoms with Gasteiger partial charge in [-0.2, -0.15) is 5.10 Å². The van der Waals surface area contributed by atoms with Crippen LogP contribution in [0.25, 0.3) is 11.3 Å². The van der Waals surface area contributed by atoms with Crippen LogP contribution in [-0.4, -0.2) is 9.78 Å². The molecule has 0 bridgehead atoms. The maximum atomic E-state index is 6.12. The van der Waals surface area contributed by atoms with Gasteiger partial charge in [0.25, 0.3) is 0 Å². The van der Waals surface area contributed by atoms with Gasteiger partial charge >= 0.3 is 0 Å². The summed E-state index contributed by atoms with van der Waals surface area (Å²) in [5.74, 6) is 0.690. The van der Waals surface area contributed by atoms with E-state index in [0.29, 0.717) is 12.4 Å². The average molecular weight is 277 g/mol. The van der Waals surface area contributed by atoms with Crippen LogP contribution in [0.15, 0.2) is 54.6 Å². The number of hydrogen-bond acceptors (Lipinski definition) is 2. The molecule has 106 valence electrons. The van der Waals surface area contributed by atoms with Gasteiger partial charge in [-0.15, -0.1) is 0 Å². The summed E-state index contributed by atoms with van der Waals surface area (Å²) in [6.45, 7) is 4.87. The lowest BCUT2D eigenvalue weighted by Crippen LogP contribution is -2.05. The summed E-state index contributed by atoms with van der Waals surface area (Å²) in [6, 6.07) is 18.6. The Kier molecular flexibility index (Phi) is 3.48. The molecule has 1 aromatic heterocycles. The molecule has 0 unspecified atom stereocenters. The third-order valence-corrected chi connectivity index (χ3v) is 3.65. The van der Waals surface area contributed by atoms with Gasteiger partial charge in [0.1, 0.15) is 5.82 Å². The van der Waals surface area contributed by atoms with Gasteiger partial charge in [0.05, 0.1) is 12.2 Å². The second-order valence-corrected chi connectivity index (χ2v) is 5.42. The third kappa shape index (κ3) is 2.82. The smallest absolute Gasteiger partial charge is 0.122 e. The molecular weight excluding hydrogens is 258 g/mol. The van der Waals surface area contributed by atoms with E-state index >= 15 is 0 Å². The minimum Gasteiger partial charge on any atom is -0.384 e. The lowest BCUT2D eigenvalue weighted by molar-refractivity contribution is 0.699. The fourth-order valence-corrected chi connectivity index (χ4v) is 2.53. The van der Waals surface area contributed by atoms with E-state index in [4.69, 9.17) is 5.73 Å². The Morgan fingerprint density at radius 2 is 1.81 bits per heavy atom. The van der Waals surface area contributed by atoms with E-state index in [1.54, 1.807) is 0 Å². The van der Waals surface area contributed by atoms with Crippen LogP contribution in [0, 0.1) is 13.8 Å². The molecule has 2 N–H and O–H groups in total. The first-order chi connectivity index (χ1) is 10.1. The minimum atomic E-state index is 0.690. The summed E-state index contributed by atoms with van der Waals surface area (Å²) in [6.07, 6.45) is 0. The van der Waals surface area contributed by atoms with Gasteiger partial charge in [-0.05, 0) is 25.0 Å². The zero-order chi connectivity index (χ0) is 14.8. The molecule has 0 amide bonds. The van der Waals surface area contributed by atoms with Crippen molar-refractivity contribution in [3.05, 3.63) is 71.3 Å². The van der Waals surface area contributed by atoms with Crippen molar-refractivity contribution >= 4 is 5.82 Å². The summed E-state index contributed by atoms with van der Waals surface area (Å²) in [5.41, 5.74) is 11.8. The van der Waals surface area contributed by atoms with Crippen molar-refractivity contribution in [3.8, 4) is 11.3 Å². The lowest BCUT2D eigenvalue weighted by atomic mass is 10.1. The molecule has 21 heavy (non-hydrogen) atoms. The zero-order valence-corrected chi connectivity index (χ0v) is 12.4. The maximum absolute atomic E-state index is 6.12. The first-order valence-corrected chi connectivity index (χ1v) is 7.08. The van der Waals surface area contributed by atoms with Crippen molar-refractivity contribution in [3.63, 3.8) is 0 Å². The fourth-order valence-electron chi connectivity index (χ4n) is 2.53. The third-order valence-electron chi connectivity index (χ3n) is 3.65. The second kappa shape index (κ2) is 5.44. The van der Waals surface area contributed by atoms with Crippen LogP contribution in [-0.2, 0) is 6.54 Å². The molecule has 0 fully saturated rings. The van der Waals surface area contributed by atoms with Gasteiger partial charge in [-0.25, -0.2) is 4.68 Å². The number of benzene rings is 2. The van der Waals surface area contributed by atoms with Crippen LogP contribution in [0.4, 0.5) is 5.82 Å². The molecule has 3 rings (SSSR count). The number of hydrogen-bond donors (Lipinski definition) is 1. The molecule has 3 aromatic rings. The molecular formula is C18H19N3. The molecule has 3 nitrogen and oxygen atoms in total. The summed E-state index contributed by atoms with van der Waals surface area (Å²) in [5, 5.41) is 4.66. The van der Waals surface area contributed by atoms with Gasteiger partial charge in [-0.1, -0.05) is 54.1 Å². The quantitative estimate of drug-likeness (QED) is 0.791. The normalized spacial score (nSPS) is 10.8. The van der Waals surface area contributed by atoms with E-state index < -0.39 is 0 Å². The number of aryl methyl sites for hydroxylation is 2. The summed E-state index contributed by atoms with van der Waals surface area (Å²) in [4.78, 5) is 0. The molecule has 0 spiro atoms. The van der Waals surface area contributed by atoms with Crippen molar-refractivity contribution in [1.29, 1.82) is 0 Å². The number of nitrogen functional groups attached to an aromatic ring is 1. The summed E-state index contributed by atoms with van der Waals surface area (Å²) in [7, 11) is 0. The van der Waals surface area contributed by atoms with Gasteiger partial charge in [0, 0.05) is 11.6 Å². The Morgan fingerprint density at radius 1 is 1.00 bits per heavy atom. The van der Waals surface area contributed by atoms with E-state index in [0.717, 1.165) is 11.3 Å². The number of nitrogens with zero attached hydrogens (tertiary/aromatic N) is 2. The van der Waals surface area contributed by atoms with Gasteiger partial charge in [-0.3, -0.25) is 0 Å². The van der Waals surface area contributed by atoms with E-state index in [-0.39, 0.29) is 0 Å². The van der Waals surface area contributed by atoms with Crippen LogP contribution in [0.1, 0.15) is 16.7 Å². The van der Waals surface area contributed by atoms with E-state index in [2.05, 4.69) is 55.3 Å². The van der Waals surface area contributed by atoms with Crippen LogP contribution < -0.4 is 5.73 Å². The Balaban J connectivity index is 1.93. The van der Waals surface area contributed by atoms with Crippen molar-refractivity contribution in [1.82, 2.24) is 9.78 Å². The van der Waals surface area contributed by atoms with Crippen molar-refractivity contribution < 1.29 is 0 Å². The number of anilines is 1. The highest BCUT2D eigenvalue weighted by molar-refractivity contribution is 5.65. The molecule has 0 aliphatic rings. The number of aromatic nitrogens is 2. The van der Waals surface area contributed by atoms with Crippen molar-refractivity contribution in [2.45, 2.75) is 20.4 Å². The highest BCUT2D eigenvalue weighted by Crippen LogP contribution is 2.24. The topological polar surface area (TPSA) is 43.8 Å². The number of rotatable bonds is 3. The molecule has 0 saturated heterocycles. The van der Waals surface area contributed by atoms with Crippen molar-refractivity contribution in [2.75, 3.05) is 5.73 Å². The summed E-state index contributed by atoms with van der Waals surface area (Å²) >= 11 is 0. The molecule has 0 aliphatic carbocycles. The first kappa shape index (κ1) is 13.4. The Hall–Kier alpha value is -2.55.